The molecule has 1 aromatic heterocycles. The van der Waals surface area contributed by atoms with Gasteiger partial charge in [-0.05, 0) is 44.5 Å². The third-order valence-corrected chi connectivity index (χ3v) is 4.85. The SMILES string of the molecule is Cc1c(CNCCN2CCCCC2)n(C)c2ccccc12. The maximum absolute atomic E-state index is 3.63. The molecule has 21 heavy (non-hydrogen) atoms. The van der Waals surface area contributed by atoms with Crippen molar-refractivity contribution in [1.29, 1.82) is 0 Å². The van der Waals surface area contributed by atoms with Crippen LogP contribution < -0.4 is 5.32 Å². The monoisotopic (exact) mass is 285 g/mol. The molecule has 0 atom stereocenters. The van der Waals surface area contributed by atoms with Crippen molar-refractivity contribution in [2.75, 3.05) is 26.2 Å². The van der Waals surface area contributed by atoms with Gasteiger partial charge in [0.15, 0.2) is 0 Å². The smallest absolute Gasteiger partial charge is 0.0483 e. The Kier molecular flexibility index (Phi) is 4.61. The summed E-state index contributed by atoms with van der Waals surface area (Å²) >= 11 is 0. The van der Waals surface area contributed by atoms with Crippen LogP contribution in [-0.2, 0) is 13.6 Å². The van der Waals surface area contributed by atoms with Crippen molar-refractivity contribution >= 4 is 10.9 Å². The number of para-hydroxylation sites is 1. The summed E-state index contributed by atoms with van der Waals surface area (Å²) in [6, 6.07) is 8.68. The van der Waals surface area contributed by atoms with E-state index in [4.69, 9.17) is 0 Å². The molecule has 1 fully saturated rings. The van der Waals surface area contributed by atoms with Gasteiger partial charge in [0, 0.05) is 43.3 Å². The molecule has 1 aliphatic heterocycles. The van der Waals surface area contributed by atoms with Crippen molar-refractivity contribution in [3.8, 4) is 0 Å². The molecule has 1 N–H and O–H groups in total. The Morgan fingerprint density at radius 3 is 2.62 bits per heavy atom. The van der Waals surface area contributed by atoms with Gasteiger partial charge in [-0.3, -0.25) is 0 Å². The fraction of sp³-hybridized carbons (Fsp3) is 0.556. The lowest BCUT2D eigenvalue weighted by Gasteiger charge is -2.26. The van der Waals surface area contributed by atoms with Crippen LogP contribution in [0.25, 0.3) is 10.9 Å². The summed E-state index contributed by atoms with van der Waals surface area (Å²) in [4.78, 5) is 2.59. The first-order valence-corrected chi connectivity index (χ1v) is 8.23. The molecule has 0 unspecified atom stereocenters. The van der Waals surface area contributed by atoms with Crippen molar-refractivity contribution in [2.24, 2.45) is 7.05 Å². The number of likely N-dealkylation sites (tertiary alicyclic amines) is 1. The minimum atomic E-state index is 0.963. The molecule has 0 radical (unpaired) electrons. The molecule has 0 amide bonds. The standard InChI is InChI=1S/C18H27N3/c1-15-16-8-4-5-9-17(16)20(2)18(15)14-19-10-13-21-11-6-3-7-12-21/h4-5,8-9,19H,3,6-7,10-14H2,1-2H3. The molecule has 3 rings (SSSR count). The average molecular weight is 285 g/mol. The summed E-state index contributed by atoms with van der Waals surface area (Å²) in [5, 5.41) is 5.01. The molecule has 3 nitrogen and oxygen atoms in total. The summed E-state index contributed by atoms with van der Waals surface area (Å²) in [5.41, 5.74) is 4.16. The fourth-order valence-electron chi connectivity index (χ4n) is 3.51. The topological polar surface area (TPSA) is 20.2 Å². The Hall–Kier alpha value is -1.32. The van der Waals surface area contributed by atoms with Crippen molar-refractivity contribution in [2.45, 2.75) is 32.7 Å². The number of piperidine rings is 1. The van der Waals surface area contributed by atoms with Crippen LogP contribution in [0.5, 0.6) is 0 Å². The van der Waals surface area contributed by atoms with Crippen LogP contribution in [0.1, 0.15) is 30.5 Å². The predicted octanol–water partition coefficient (Wildman–Crippen LogP) is 3.06. The number of fused-ring (bicyclic) bond motifs is 1. The maximum atomic E-state index is 3.63. The van der Waals surface area contributed by atoms with E-state index in [0.29, 0.717) is 0 Å². The van der Waals surface area contributed by atoms with Crippen LogP contribution in [0.15, 0.2) is 24.3 Å². The van der Waals surface area contributed by atoms with E-state index < -0.39 is 0 Å². The van der Waals surface area contributed by atoms with E-state index in [0.717, 1.165) is 13.1 Å². The summed E-state index contributed by atoms with van der Waals surface area (Å²) in [6.45, 7) is 8.04. The number of aryl methyl sites for hydroxylation is 2. The molecule has 1 aliphatic rings. The van der Waals surface area contributed by atoms with Crippen LogP contribution in [0, 0.1) is 6.92 Å². The normalized spacial score (nSPS) is 16.7. The van der Waals surface area contributed by atoms with E-state index >= 15 is 0 Å². The highest BCUT2D eigenvalue weighted by Crippen LogP contribution is 2.24. The van der Waals surface area contributed by atoms with Crippen LogP contribution >= 0.6 is 0 Å². The highest BCUT2D eigenvalue weighted by Gasteiger charge is 2.11. The molecule has 0 saturated carbocycles. The Labute approximate surface area is 127 Å². The number of benzene rings is 1. The van der Waals surface area contributed by atoms with Gasteiger partial charge >= 0.3 is 0 Å². The third kappa shape index (κ3) is 3.14. The van der Waals surface area contributed by atoms with E-state index in [2.05, 4.69) is 53.0 Å². The lowest BCUT2D eigenvalue weighted by molar-refractivity contribution is 0.229. The molecule has 2 aromatic rings. The molecular formula is C18H27N3. The average Bonchev–Trinajstić information content (AvgIpc) is 2.77. The van der Waals surface area contributed by atoms with Crippen molar-refractivity contribution in [1.82, 2.24) is 14.8 Å². The number of hydrogen-bond acceptors (Lipinski definition) is 2. The highest BCUT2D eigenvalue weighted by atomic mass is 15.1. The lowest BCUT2D eigenvalue weighted by Crippen LogP contribution is -2.35. The van der Waals surface area contributed by atoms with Gasteiger partial charge in [0.1, 0.15) is 0 Å². The summed E-state index contributed by atoms with van der Waals surface area (Å²) in [5.74, 6) is 0. The molecule has 0 spiro atoms. The molecule has 1 aromatic carbocycles. The van der Waals surface area contributed by atoms with E-state index in [9.17, 15) is 0 Å². The fourth-order valence-corrected chi connectivity index (χ4v) is 3.51. The first-order chi connectivity index (χ1) is 10.3. The first kappa shape index (κ1) is 14.6. The third-order valence-electron chi connectivity index (χ3n) is 4.85. The molecule has 0 bridgehead atoms. The molecule has 3 heteroatoms. The largest absolute Gasteiger partial charge is 0.346 e. The van der Waals surface area contributed by atoms with Crippen LogP contribution in [0.2, 0.25) is 0 Å². The quantitative estimate of drug-likeness (QED) is 0.852. The molecule has 1 saturated heterocycles. The van der Waals surface area contributed by atoms with Gasteiger partial charge in [-0.15, -0.1) is 0 Å². The van der Waals surface area contributed by atoms with E-state index in [-0.39, 0.29) is 0 Å². The molecule has 0 aliphatic carbocycles. The van der Waals surface area contributed by atoms with E-state index in [1.807, 2.05) is 0 Å². The Morgan fingerprint density at radius 2 is 1.86 bits per heavy atom. The summed E-state index contributed by atoms with van der Waals surface area (Å²) < 4.78 is 2.33. The number of nitrogens with one attached hydrogen (secondary N) is 1. The predicted molar refractivity (Wildman–Crippen MR) is 89.7 cm³/mol. The Balaban J connectivity index is 1.58. The van der Waals surface area contributed by atoms with Gasteiger partial charge in [-0.1, -0.05) is 24.6 Å². The van der Waals surface area contributed by atoms with Crippen LogP contribution in [-0.4, -0.2) is 35.6 Å². The Morgan fingerprint density at radius 1 is 1.10 bits per heavy atom. The molecular weight excluding hydrogens is 258 g/mol. The number of hydrogen-bond donors (Lipinski definition) is 1. The zero-order valence-corrected chi connectivity index (χ0v) is 13.4. The summed E-state index contributed by atoms with van der Waals surface area (Å²) in [7, 11) is 2.18. The van der Waals surface area contributed by atoms with Crippen LogP contribution in [0.3, 0.4) is 0 Å². The molecule has 114 valence electrons. The van der Waals surface area contributed by atoms with Crippen molar-refractivity contribution < 1.29 is 0 Å². The first-order valence-electron chi connectivity index (χ1n) is 8.23. The van der Waals surface area contributed by atoms with Gasteiger partial charge in [-0.25, -0.2) is 0 Å². The highest BCUT2D eigenvalue weighted by molar-refractivity contribution is 5.85. The van der Waals surface area contributed by atoms with Crippen molar-refractivity contribution in [3.63, 3.8) is 0 Å². The minimum absolute atomic E-state index is 0.963. The number of nitrogens with zero attached hydrogens (tertiary/aromatic N) is 2. The second-order valence-corrected chi connectivity index (χ2v) is 6.23. The number of aromatic nitrogens is 1. The second-order valence-electron chi connectivity index (χ2n) is 6.23. The lowest BCUT2D eigenvalue weighted by atomic mass is 10.1. The van der Waals surface area contributed by atoms with Gasteiger partial charge in [0.05, 0.1) is 0 Å². The Bertz CT molecular complexity index is 555. The van der Waals surface area contributed by atoms with E-state index in [1.54, 1.807) is 0 Å². The van der Waals surface area contributed by atoms with Gasteiger partial charge in [0.25, 0.3) is 0 Å². The number of rotatable bonds is 5. The molecule has 2 heterocycles. The summed E-state index contributed by atoms with van der Waals surface area (Å²) in [6.07, 6.45) is 4.17. The van der Waals surface area contributed by atoms with Crippen LogP contribution in [0.4, 0.5) is 0 Å². The maximum Gasteiger partial charge on any atom is 0.0483 e. The zero-order valence-electron chi connectivity index (χ0n) is 13.4. The zero-order chi connectivity index (χ0) is 14.7. The van der Waals surface area contributed by atoms with Gasteiger partial charge in [0.2, 0.25) is 0 Å². The van der Waals surface area contributed by atoms with E-state index in [1.165, 1.54) is 61.1 Å². The van der Waals surface area contributed by atoms with Crippen molar-refractivity contribution in [3.05, 3.63) is 35.5 Å². The minimum Gasteiger partial charge on any atom is -0.346 e. The van der Waals surface area contributed by atoms with Gasteiger partial charge < -0.3 is 14.8 Å². The second kappa shape index (κ2) is 6.63. The van der Waals surface area contributed by atoms with Gasteiger partial charge in [-0.2, -0.15) is 0 Å².